The fourth-order valence-corrected chi connectivity index (χ4v) is 2.34. The third-order valence-electron chi connectivity index (χ3n) is 3.87. The third kappa shape index (κ3) is 6.24. The maximum Gasteiger partial charge on any atom is 0.338 e. The zero-order valence-electron chi connectivity index (χ0n) is 15.2. The minimum Gasteiger partial charge on any atom is -0.484 e. The summed E-state index contributed by atoms with van der Waals surface area (Å²) in [6.45, 7) is 4.30. The normalized spacial score (nSPS) is 11.5. The minimum atomic E-state index is -0.348. The second-order valence-corrected chi connectivity index (χ2v) is 6.00. The van der Waals surface area contributed by atoms with Crippen molar-refractivity contribution in [2.24, 2.45) is 0 Å². The Labute approximate surface area is 154 Å². The van der Waals surface area contributed by atoms with E-state index in [-0.39, 0.29) is 24.5 Å². The second kappa shape index (κ2) is 10.2. The molecule has 0 aromatic heterocycles. The predicted molar refractivity (Wildman–Crippen MR) is 100 cm³/mol. The zero-order chi connectivity index (χ0) is 18.8. The predicted octanol–water partition coefficient (Wildman–Crippen LogP) is 3.90. The van der Waals surface area contributed by atoms with Crippen LogP contribution in [0.1, 0.15) is 48.7 Å². The highest BCUT2D eigenvalue weighted by molar-refractivity contribution is 5.89. The molecule has 0 spiro atoms. The number of ether oxygens (including phenoxy) is 2. The van der Waals surface area contributed by atoms with E-state index in [1.165, 1.54) is 0 Å². The van der Waals surface area contributed by atoms with Gasteiger partial charge in [0.25, 0.3) is 5.91 Å². The van der Waals surface area contributed by atoms with Crippen LogP contribution in [0.4, 0.5) is 0 Å². The third-order valence-corrected chi connectivity index (χ3v) is 3.87. The van der Waals surface area contributed by atoms with Crippen molar-refractivity contribution in [2.45, 2.75) is 32.7 Å². The first-order valence-corrected chi connectivity index (χ1v) is 8.84. The van der Waals surface area contributed by atoms with Crippen molar-refractivity contribution >= 4 is 11.9 Å². The molecule has 1 N–H and O–H groups in total. The molecule has 0 aliphatic heterocycles. The van der Waals surface area contributed by atoms with Crippen LogP contribution in [0.3, 0.4) is 0 Å². The maximum absolute atomic E-state index is 12.0. The van der Waals surface area contributed by atoms with Crippen molar-refractivity contribution in [1.82, 2.24) is 5.32 Å². The topological polar surface area (TPSA) is 64.6 Å². The standard InChI is InChI=1S/C21H25NO4/c1-3-4-14-25-21(24)18-10-12-19(13-11-18)26-15-20(23)22-16(2)17-8-6-5-7-9-17/h5-13,16H,3-4,14-15H2,1-2H3,(H,22,23)/t16-/m0/s1. The van der Waals surface area contributed by atoms with Crippen molar-refractivity contribution in [3.8, 4) is 5.75 Å². The van der Waals surface area contributed by atoms with E-state index in [9.17, 15) is 9.59 Å². The Hall–Kier alpha value is -2.82. The van der Waals surface area contributed by atoms with Gasteiger partial charge in [-0.2, -0.15) is 0 Å². The van der Waals surface area contributed by atoms with E-state index in [1.807, 2.05) is 44.2 Å². The molecule has 0 aliphatic carbocycles. The molecule has 0 saturated heterocycles. The van der Waals surface area contributed by atoms with Crippen LogP contribution < -0.4 is 10.1 Å². The first kappa shape index (κ1) is 19.5. The highest BCUT2D eigenvalue weighted by atomic mass is 16.5. The molecule has 5 heteroatoms. The van der Waals surface area contributed by atoms with Gasteiger partial charge in [0, 0.05) is 0 Å². The molecule has 0 heterocycles. The molecule has 26 heavy (non-hydrogen) atoms. The molecular formula is C21H25NO4. The summed E-state index contributed by atoms with van der Waals surface area (Å²) in [6.07, 6.45) is 1.83. The lowest BCUT2D eigenvalue weighted by atomic mass is 10.1. The number of hydrogen-bond acceptors (Lipinski definition) is 4. The number of nitrogens with one attached hydrogen (secondary N) is 1. The summed E-state index contributed by atoms with van der Waals surface area (Å²) >= 11 is 0. The Morgan fingerprint density at radius 1 is 1.04 bits per heavy atom. The van der Waals surface area contributed by atoms with Crippen LogP contribution in [0.5, 0.6) is 5.75 Å². The van der Waals surface area contributed by atoms with Crippen LogP contribution in [0.25, 0.3) is 0 Å². The Balaban J connectivity index is 1.78. The molecule has 0 fully saturated rings. The summed E-state index contributed by atoms with van der Waals surface area (Å²) in [7, 11) is 0. The smallest absolute Gasteiger partial charge is 0.338 e. The van der Waals surface area contributed by atoms with E-state index < -0.39 is 0 Å². The van der Waals surface area contributed by atoms with Crippen LogP contribution >= 0.6 is 0 Å². The van der Waals surface area contributed by atoms with Gasteiger partial charge in [-0.3, -0.25) is 4.79 Å². The van der Waals surface area contributed by atoms with Gasteiger partial charge in [-0.15, -0.1) is 0 Å². The van der Waals surface area contributed by atoms with Gasteiger partial charge in [-0.1, -0.05) is 43.7 Å². The highest BCUT2D eigenvalue weighted by Crippen LogP contribution is 2.14. The largest absolute Gasteiger partial charge is 0.484 e. The molecule has 5 nitrogen and oxygen atoms in total. The lowest BCUT2D eigenvalue weighted by Crippen LogP contribution is -2.31. The van der Waals surface area contributed by atoms with Crippen molar-refractivity contribution in [2.75, 3.05) is 13.2 Å². The number of carbonyl (C=O) groups excluding carboxylic acids is 2. The lowest BCUT2D eigenvalue weighted by molar-refractivity contribution is -0.123. The number of hydrogen-bond donors (Lipinski definition) is 1. The van der Waals surface area contributed by atoms with Crippen LogP contribution in [0.2, 0.25) is 0 Å². The number of benzene rings is 2. The molecule has 138 valence electrons. The second-order valence-electron chi connectivity index (χ2n) is 6.00. The van der Waals surface area contributed by atoms with Gasteiger partial charge in [0.1, 0.15) is 5.75 Å². The van der Waals surface area contributed by atoms with E-state index in [0.29, 0.717) is 17.9 Å². The van der Waals surface area contributed by atoms with E-state index in [2.05, 4.69) is 5.32 Å². The quantitative estimate of drug-likeness (QED) is 0.547. The summed E-state index contributed by atoms with van der Waals surface area (Å²) in [5.41, 5.74) is 1.50. The number of unbranched alkanes of at least 4 members (excludes halogenated alkanes) is 1. The fourth-order valence-electron chi connectivity index (χ4n) is 2.34. The number of rotatable bonds is 9. The monoisotopic (exact) mass is 355 g/mol. The average Bonchev–Trinajstić information content (AvgIpc) is 2.67. The summed E-state index contributed by atoms with van der Waals surface area (Å²) in [6, 6.07) is 16.2. The zero-order valence-corrected chi connectivity index (χ0v) is 15.2. The Morgan fingerprint density at radius 3 is 2.38 bits per heavy atom. The van der Waals surface area contributed by atoms with Crippen molar-refractivity contribution in [3.05, 3.63) is 65.7 Å². The lowest BCUT2D eigenvalue weighted by Gasteiger charge is -2.14. The van der Waals surface area contributed by atoms with E-state index in [4.69, 9.17) is 9.47 Å². The van der Waals surface area contributed by atoms with Gasteiger partial charge >= 0.3 is 5.97 Å². The Bertz CT molecular complexity index is 698. The average molecular weight is 355 g/mol. The van der Waals surface area contributed by atoms with E-state index in [0.717, 1.165) is 18.4 Å². The van der Waals surface area contributed by atoms with Gasteiger partial charge in [0.2, 0.25) is 0 Å². The molecule has 0 bridgehead atoms. The van der Waals surface area contributed by atoms with E-state index >= 15 is 0 Å². The van der Waals surface area contributed by atoms with Gasteiger partial charge in [-0.25, -0.2) is 4.79 Å². The van der Waals surface area contributed by atoms with Crippen LogP contribution in [-0.2, 0) is 9.53 Å². The van der Waals surface area contributed by atoms with Gasteiger partial charge in [-0.05, 0) is 43.2 Å². The number of amides is 1. The molecule has 2 aromatic carbocycles. The van der Waals surface area contributed by atoms with Gasteiger partial charge < -0.3 is 14.8 Å². The first-order valence-electron chi connectivity index (χ1n) is 8.84. The summed E-state index contributed by atoms with van der Waals surface area (Å²) in [4.78, 5) is 23.8. The maximum atomic E-state index is 12.0. The van der Waals surface area contributed by atoms with Gasteiger partial charge in [0.15, 0.2) is 6.61 Å². The SMILES string of the molecule is CCCCOC(=O)c1ccc(OCC(=O)N[C@@H](C)c2ccccc2)cc1. The molecule has 2 rings (SSSR count). The first-order chi connectivity index (χ1) is 12.6. The highest BCUT2D eigenvalue weighted by Gasteiger charge is 2.10. The van der Waals surface area contributed by atoms with Gasteiger partial charge in [0.05, 0.1) is 18.2 Å². The fraction of sp³-hybridized carbons (Fsp3) is 0.333. The Kier molecular flexibility index (Phi) is 7.68. The summed E-state index contributed by atoms with van der Waals surface area (Å²) < 4.78 is 10.6. The van der Waals surface area contributed by atoms with Crippen LogP contribution in [-0.4, -0.2) is 25.1 Å². The van der Waals surface area contributed by atoms with Crippen molar-refractivity contribution < 1.29 is 19.1 Å². The van der Waals surface area contributed by atoms with Crippen molar-refractivity contribution in [3.63, 3.8) is 0 Å². The molecule has 1 amide bonds. The van der Waals surface area contributed by atoms with E-state index in [1.54, 1.807) is 24.3 Å². The Morgan fingerprint density at radius 2 is 1.73 bits per heavy atom. The number of esters is 1. The molecular weight excluding hydrogens is 330 g/mol. The summed E-state index contributed by atoms with van der Waals surface area (Å²) in [5.74, 6) is -0.0264. The molecule has 0 aliphatic rings. The van der Waals surface area contributed by atoms with Crippen LogP contribution in [0.15, 0.2) is 54.6 Å². The molecule has 0 unspecified atom stereocenters. The number of carbonyl (C=O) groups is 2. The molecule has 1 atom stereocenters. The molecule has 2 aromatic rings. The van der Waals surface area contributed by atoms with Crippen molar-refractivity contribution in [1.29, 1.82) is 0 Å². The minimum absolute atomic E-state index is 0.0858. The van der Waals surface area contributed by atoms with Crippen LogP contribution in [0, 0.1) is 0 Å². The molecule has 0 saturated carbocycles. The molecule has 0 radical (unpaired) electrons. The summed E-state index contributed by atoms with van der Waals surface area (Å²) in [5, 5.41) is 2.89.